The van der Waals surface area contributed by atoms with Gasteiger partial charge in [-0.2, -0.15) is 0 Å². The van der Waals surface area contributed by atoms with Gasteiger partial charge in [0.2, 0.25) is 5.91 Å². The molecule has 2 amide bonds. The molecule has 0 saturated heterocycles. The molecule has 23 heavy (non-hydrogen) atoms. The van der Waals surface area contributed by atoms with E-state index in [1.807, 2.05) is 0 Å². The standard InChI is InChI=1S/C15H14Cl2N2O4/c16-10-3-4-13(12(17)6-10)23-9-15(21)19-8-14(20)18-7-11-2-1-5-22-11/h1-6H,7-9H2,(H,18,20)(H,19,21). The smallest absolute Gasteiger partial charge is 0.258 e. The van der Waals surface area contributed by atoms with E-state index in [1.165, 1.54) is 12.3 Å². The van der Waals surface area contributed by atoms with Crippen LogP contribution in [-0.4, -0.2) is 25.0 Å². The molecule has 0 radical (unpaired) electrons. The fourth-order valence-electron chi connectivity index (χ4n) is 1.63. The number of halogens is 2. The lowest BCUT2D eigenvalue weighted by atomic mass is 10.3. The summed E-state index contributed by atoms with van der Waals surface area (Å²) in [4.78, 5) is 23.2. The summed E-state index contributed by atoms with van der Waals surface area (Å²) in [5.41, 5.74) is 0. The van der Waals surface area contributed by atoms with Crippen LogP contribution in [0.15, 0.2) is 41.0 Å². The monoisotopic (exact) mass is 356 g/mol. The van der Waals surface area contributed by atoms with Crippen LogP contribution < -0.4 is 15.4 Å². The minimum atomic E-state index is -0.441. The van der Waals surface area contributed by atoms with Gasteiger partial charge in [0.15, 0.2) is 6.61 Å². The summed E-state index contributed by atoms with van der Waals surface area (Å²) in [6, 6.07) is 8.14. The molecular formula is C15H14Cl2N2O4. The van der Waals surface area contributed by atoms with E-state index in [0.29, 0.717) is 21.6 Å². The van der Waals surface area contributed by atoms with Crippen LogP contribution >= 0.6 is 23.2 Å². The van der Waals surface area contributed by atoms with Gasteiger partial charge >= 0.3 is 0 Å². The third-order valence-corrected chi connectivity index (χ3v) is 3.27. The molecule has 2 N–H and O–H groups in total. The van der Waals surface area contributed by atoms with Crippen molar-refractivity contribution in [2.75, 3.05) is 13.2 Å². The molecule has 2 rings (SSSR count). The van der Waals surface area contributed by atoms with E-state index >= 15 is 0 Å². The Kier molecular flexibility index (Phi) is 6.31. The number of ether oxygens (including phenoxy) is 1. The molecule has 0 atom stereocenters. The zero-order valence-electron chi connectivity index (χ0n) is 12.0. The molecule has 1 aromatic heterocycles. The molecule has 1 heterocycles. The summed E-state index contributed by atoms with van der Waals surface area (Å²) in [7, 11) is 0. The van der Waals surface area contributed by atoms with Gasteiger partial charge in [0.05, 0.1) is 24.4 Å². The summed E-state index contributed by atoms with van der Waals surface area (Å²) in [5.74, 6) is 0.197. The number of hydrogen-bond donors (Lipinski definition) is 2. The van der Waals surface area contributed by atoms with E-state index in [4.69, 9.17) is 32.4 Å². The van der Waals surface area contributed by atoms with Crippen molar-refractivity contribution in [1.29, 1.82) is 0 Å². The van der Waals surface area contributed by atoms with Gasteiger partial charge in [-0.05, 0) is 30.3 Å². The van der Waals surface area contributed by atoms with Crippen LogP contribution in [0.1, 0.15) is 5.76 Å². The van der Waals surface area contributed by atoms with E-state index in [-0.39, 0.29) is 25.6 Å². The van der Waals surface area contributed by atoms with Crippen molar-refractivity contribution in [2.24, 2.45) is 0 Å². The predicted octanol–water partition coefficient (Wildman–Crippen LogP) is 2.40. The fourth-order valence-corrected chi connectivity index (χ4v) is 2.09. The van der Waals surface area contributed by atoms with Crippen molar-refractivity contribution in [1.82, 2.24) is 10.6 Å². The largest absolute Gasteiger partial charge is 0.482 e. The summed E-state index contributed by atoms with van der Waals surface area (Å²) >= 11 is 11.7. The van der Waals surface area contributed by atoms with Crippen LogP contribution in [0.5, 0.6) is 5.75 Å². The van der Waals surface area contributed by atoms with Gasteiger partial charge < -0.3 is 19.8 Å². The second-order valence-corrected chi connectivity index (χ2v) is 5.34. The molecule has 0 aliphatic rings. The lowest BCUT2D eigenvalue weighted by molar-refractivity contribution is -0.127. The second kappa shape index (κ2) is 8.45. The summed E-state index contributed by atoms with van der Waals surface area (Å²) in [6.07, 6.45) is 1.52. The first-order valence-corrected chi connectivity index (χ1v) is 7.44. The molecule has 0 aliphatic carbocycles. The normalized spacial score (nSPS) is 10.2. The second-order valence-electron chi connectivity index (χ2n) is 4.50. The molecule has 0 unspecified atom stereocenters. The molecule has 8 heteroatoms. The average Bonchev–Trinajstić information content (AvgIpc) is 3.03. The van der Waals surface area contributed by atoms with Gasteiger partial charge in [0, 0.05) is 5.02 Å². The first kappa shape index (κ1) is 17.2. The lowest BCUT2D eigenvalue weighted by Gasteiger charge is -2.09. The molecule has 0 aliphatic heterocycles. The average molecular weight is 357 g/mol. The highest BCUT2D eigenvalue weighted by Crippen LogP contribution is 2.27. The van der Waals surface area contributed by atoms with Gasteiger partial charge in [0.1, 0.15) is 11.5 Å². The SMILES string of the molecule is O=C(CNC(=O)COc1ccc(Cl)cc1Cl)NCc1ccco1. The van der Waals surface area contributed by atoms with E-state index < -0.39 is 5.91 Å². The minimum Gasteiger partial charge on any atom is -0.482 e. The molecule has 1 aromatic carbocycles. The van der Waals surface area contributed by atoms with Gasteiger partial charge in [-0.25, -0.2) is 0 Å². The highest BCUT2D eigenvalue weighted by molar-refractivity contribution is 6.35. The highest BCUT2D eigenvalue weighted by Gasteiger charge is 2.08. The van der Waals surface area contributed by atoms with Crippen LogP contribution in [0.3, 0.4) is 0 Å². The molecule has 0 bridgehead atoms. The van der Waals surface area contributed by atoms with Crippen molar-refractivity contribution >= 4 is 35.0 Å². The Morgan fingerprint density at radius 1 is 1.13 bits per heavy atom. The zero-order valence-corrected chi connectivity index (χ0v) is 13.5. The topological polar surface area (TPSA) is 80.6 Å². The Labute approximate surface area is 142 Å². The maximum Gasteiger partial charge on any atom is 0.258 e. The van der Waals surface area contributed by atoms with Crippen LogP contribution in [0.2, 0.25) is 10.0 Å². The summed E-state index contributed by atoms with van der Waals surface area (Å²) in [6.45, 7) is -0.150. The van der Waals surface area contributed by atoms with Crippen molar-refractivity contribution < 1.29 is 18.7 Å². The number of carbonyl (C=O) groups excluding carboxylic acids is 2. The molecular weight excluding hydrogens is 343 g/mol. The van der Waals surface area contributed by atoms with Crippen molar-refractivity contribution in [3.8, 4) is 5.75 Å². The van der Waals surface area contributed by atoms with E-state index in [9.17, 15) is 9.59 Å². The van der Waals surface area contributed by atoms with Gasteiger partial charge in [-0.3, -0.25) is 9.59 Å². The summed E-state index contributed by atoms with van der Waals surface area (Å²) < 4.78 is 10.3. The van der Waals surface area contributed by atoms with Crippen molar-refractivity contribution in [3.05, 3.63) is 52.4 Å². The number of benzene rings is 1. The number of amides is 2. The molecule has 2 aromatic rings. The minimum absolute atomic E-state index is 0.156. The maximum absolute atomic E-state index is 11.6. The maximum atomic E-state index is 11.6. The number of carbonyl (C=O) groups is 2. The summed E-state index contributed by atoms with van der Waals surface area (Å²) in [5, 5.41) is 5.82. The van der Waals surface area contributed by atoms with Crippen LogP contribution in [-0.2, 0) is 16.1 Å². The Balaban J connectivity index is 1.67. The fraction of sp³-hybridized carbons (Fsp3) is 0.200. The number of nitrogens with one attached hydrogen (secondary N) is 2. The Morgan fingerprint density at radius 2 is 1.96 bits per heavy atom. The van der Waals surface area contributed by atoms with E-state index in [2.05, 4.69) is 10.6 Å². The molecule has 0 saturated carbocycles. The van der Waals surface area contributed by atoms with E-state index in [0.717, 1.165) is 0 Å². The van der Waals surface area contributed by atoms with Crippen LogP contribution in [0, 0.1) is 0 Å². The molecule has 6 nitrogen and oxygen atoms in total. The first-order chi connectivity index (χ1) is 11.0. The highest BCUT2D eigenvalue weighted by atomic mass is 35.5. The van der Waals surface area contributed by atoms with Gasteiger partial charge in [0.25, 0.3) is 5.91 Å². The van der Waals surface area contributed by atoms with Crippen LogP contribution in [0.4, 0.5) is 0 Å². The first-order valence-electron chi connectivity index (χ1n) is 6.68. The number of rotatable bonds is 7. The third-order valence-electron chi connectivity index (χ3n) is 2.74. The molecule has 122 valence electrons. The molecule has 0 spiro atoms. The van der Waals surface area contributed by atoms with E-state index in [1.54, 1.807) is 24.3 Å². The predicted molar refractivity (Wildman–Crippen MR) is 85.5 cm³/mol. The molecule has 0 fully saturated rings. The van der Waals surface area contributed by atoms with Gasteiger partial charge in [-0.15, -0.1) is 0 Å². The quantitative estimate of drug-likeness (QED) is 0.798. The number of hydrogen-bond acceptors (Lipinski definition) is 4. The lowest BCUT2D eigenvalue weighted by Crippen LogP contribution is -2.38. The van der Waals surface area contributed by atoms with Crippen molar-refractivity contribution in [3.63, 3.8) is 0 Å². The van der Waals surface area contributed by atoms with Crippen molar-refractivity contribution in [2.45, 2.75) is 6.54 Å². The Bertz CT molecular complexity index is 674. The van der Waals surface area contributed by atoms with Crippen LogP contribution in [0.25, 0.3) is 0 Å². The Morgan fingerprint density at radius 3 is 2.65 bits per heavy atom. The van der Waals surface area contributed by atoms with Gasteiger partial charge in [-0.1, -0.05) is 23.2 Å². The Hall–Kier alpha value is -2.18. The number of furan rings is 1. The third kappa shape index (κ3) is 5.84. The zero-order chi connectivity index (χ0) is 16.7.